The first-order chi connectivity index (χ1) is 8.79. The fourth-order valence-corrected chi connectivity index (χ4v) is 2.45. The summed E-state index contributed by atoms with van der Waals surface area (Å²) in [6.45, 7) is 5.88. The fraction of sp³-hybridized carbons (Fsp3) is 0.529. The average Bonchev–Trinajstić information content (AvgIpc) is 2.40. The standard InChI is InChI=1S/C17H26O/c1-3-5-6-7-11-14-17(18)16(4-2)15-12-9-8-10-13-15/h3,8-10,12-13,16-18H,1,4-7,11,14H2,2H3. The van der Waals surface area contributed by atoms with Gasteiger partial charge in [-0.2, -0.15) is 0 Å². The second-order valence-electron chi connectivity index (χ2n) is 4.92. The molecule has 2 unspecified atom stereocenters. The highest BCUT2D eigenvalue weighted by Gasteiger charge is 2.18. The first-order valence-corrected chi connectivity index (χ1v) is 7.13. The Hall–Kier alpha value is -1.08. The van der Waals surface area contributed by atoms with E-state index in [-0.39, 0.29) is 12.0 Å². The average molecular weight is 246 g/mol. The van der Waals surface area contributed by atoms with Crippen molar-refractivity contribution in [1.29, 1.82) is 0 Å². The molecule has 0 fully saturated rings. The molecule has 0 radical (unpaired) electrons. The Morgan fingerprint density at radius 2 is 1.89 bits per heavy atom. The van der Waals surface area contributed by atoms with Crippen LogP contribution in [-0.4, -0.2) is 11.2 Å². The molecule has 0 aliphatic rings. The van der Waals surface area contributed by atoms with E-state index in [1.807, 2.05) is 12.1 Å². The molecule has 0 saturated carbocycles. The van der Waals surface area contributed by atoms with E-state index >= 15 is 0 Å². The SMILES string of the molecule is C=CCCCCCC(O)C(CC)c1ccccc1. The van der Waals surface area contributed by atoms with E-state index in [9.17, 15) is 5.11 Å². The van der Waals surface area contributed by atoms with Gasteiger partial charge < -0.3 is 5.11 Å². The molecule has 100 valence electrons. The smallest absolute Gasteiger partial charge is 0.0608 e. The molecule has 0 spiro atoms. The minimum absolute atomic E-state index is 0.207. The molecule has 1 rings (SSSR count). The van der Waals surface area contributed by atoms with Gasteiger partial charge in [0.2, 0.25) is 0 Å². The van der Waals surface area contributed by atoms with Crippen molar-refractivity contribution in [3.8, 4) is 0 Å². The lowest BCUT2D eigenvalue weighted by Crippen LogP contribution is -2.17. The minimum Gasteiger partial charge on any atom is -0.392 e. The summed E-state index contributed by atoms with van der Waals surface area (Å²) >= 11 is 0. The zero-order valence-electron chi connectivity index (χ0n) is 11.5. The summed E-state index contributed by atoms with van der Waals surface area (Å²) in [5, 5.41) is 10.3. The van der Waals surface area contributed by atoms with Crippen LogP contribution < -0.4 is 0 Å². The first-order valence-electron chi connectivity index (χ1n) is 7.13. The van der Waals surface area contributed by atoms with Gasteiger partial charge in [0.15, 0.2) is 0 Å². The lowest BCUT2D eigenvalue weighted by molar-refractivity contribution is 0.128. The quantitative estimate of drug-likeness (QED) is 0.495. The van der Waals surface area contributed by atoms with Gasteiger partial charge >= 0.3 is 0 Å². The number of unbranched alkanes of at least 4 members (excludes halogenated alkanes) is 3. The van der Waals surface area contributed by atoms with Crippen LogP contribution in [0.15, 0.2) is 43.0 Å². The van der Waals surface area contributed by atoms with E-state index < -0.39 is 0 Å². The molecule has 1 N–H and O–H groups in total. The van der Waals surface area contributed by atoms with Gasteiger partial charge in [-0.15, -0.1) is 6.58 Å². The van der Waals surface area contributed by atoms with Crippen LogP contribution in [0.4, 0.5) is 0 Å². The zero-order valence-corrected chi connectivity index (χ0v) is 11.5. The molecule has 0 bridgehead atoms. The van der Waals surface area contributed by atoms with Gasteiger partial charge in [-0.05, 0) is 31.2 Å². The molecule has 0 aliphatic heterocycles. The molecular formula is C17H26O. The molecule has 0 aromatic heterocycles. The van der Waals surface area contributed by atoms with Gasteiger partial charge in [-0.3, -0.25) is 0 Å². The summed E-state index contributed by atoms with van der Waals surface area (Å²) in [6.07, 6.45) is 8.25. The molecule has 0 aliphatic carbocycles. The molecule has 0 amide bonds. The highest BCUT2D eigenvalue weighted by molar-refractivity contribution is 5.20. The predicted molar refractivity (Wildman–Crippen MR) is 78.8 cm³/mol. The van der Waals surface area contributed by atoms with Crippen LogP contribution in [0.1, 0.15) is 56.9 Å². The van der Waals surface area contributed by atoms with Gasteiger partial charge in [0.25, 0.3) is 0 Å². The maximum Gasteiger partial charge on any atom is 0.0608 e. The molecule has 1 aromatic carbocycles. The normalized spacial score (nSPS) is 14.1. The Morgan fingerprint density at radius 3 is 2.50 bits per heavy atom. The Bertz CT molecular complexity index is 318. The summed E-state index contributed by atoms with van der Waals surface area (Å²) in [7, 11) is 0. The second-order valence-corrected chi connectivity index (χ2v) is 4.92. The van der Waals surface area contributed by atoms with Gasteiger partial charge in [0.1, 0.15) is 0 Å². The highest BCUT2D eigenvalue weighted by Crippen LogP contribution is 2.26. The second kappa shape index (κ2) is 8.93. The van der Waals surface area contributed by atoms with E-state index in [1.165, 1.54) is 18.4 Å². The van der Waals surface area contributed by atoms with Gasteiger partial charge in [0.05, 0.1) is 6.10 Å². The number of allylic oxidation sites excluding steroid dienone is 1. The molecular weight excluding hydrogens is 220 g/mol. The predicted octanol–water partition coefficient (Wildman–Crippen LogP) is 4.68. The molecule has 0 saturated heterocycles. The number of rotatable bonds is 9. The Kier molecular flexibility index (Phi) is 7.43. The van der Waals surface area contributed by atoms with Crippen LogP contribution in [-0.2, 0) is 0 Å². The fourth-order valence-electron chi connectivity index (χ4n) is 2.45. The van der Waals surface area contributed by atoms with Crippen molar-refractivity contribution in [2.45, 2.75) is 57.5 Å². The van der Waals surface area contributed by atoms with Crippen molar-refractivity contribution in [2.75, 3.05) is 0 Å². The monoisotopic (exact) mass is 246 g/mol. The molecule has 18 heavy (non-hydrogen) atoms. The number of aliphatic hydroxyl groups excluding tert-OH is 1. The van der Waals surface area contributed by atoms with Crippen LogP contribution in [0.5, 0.6) is 0 Å². The highest BCUT2D eigenvalue weighted by atomic mass is 16.3. The number of hydrogen-bond donors (Lipinski definition) is 1. The number of hydrogen-bond acceptors (Lipinski definition) is 1. The van der Waals surface area contributed by atoms with Crippen molar-refractivity contribution >= 4 is 0 Å². The van der Waals surface area contributed by atoms with Gasteiger partial charge in [0, 0.05) is 5.92 Å². The Morgan fingerprint density at radius 1 is 1.17 bits per heavy atom. The third-order valence-electron chi connectivity index (χ3n) is 3.54. The van der Waals surface area contributed by atoms with E-state index in [4.69, 9.17) is 0 Å². The van der Waals surface area contributed by atoms with Crippen LogP contribution in [0.3, 0.4) is 0 Å². The van der Waals surface area contributed by atoms with Crippen molar-refractivity contribution in [3.05, 3.63) is 48.6 Å². The lowest BCUT2D eigenvalue weighted by Gasteiger charge is -2.22. The van der Waals surface area contributed by atoms with E-state index in [1.54, 1.807) is 0 Å². The van der Waals surface area contributed by atoms with Crippen LogP contribution in [0.25, 0.3) is 0 Å². The Labute approximate surface area is 112 Å². The molecule has 1 nitrogen and oxygen atoms in total. The maximum absolute atomic E-state index is 10.3. The summed E-state index contributed by atoms with van der Waals surface area (Å²) in [5.74, 6) is 0.283. The Balaban J connectivity index is 2.38. The zero-order chi connectivity index (χ0) is 13.2. The van der Waals surface area contributed by atoms with Gasteiger partial charge in [-0.25, -0.2) is 0 Å². The van der Waals surface area contributed by atoms with Crippen molar-refractivity contribution in [3.63, 3.8) is 0 Å². The van der Waals surface area contributed by atoms with Crippen LogP contribution in [0, 0.1) is 0 Å². The summed E-state index contributed by atoms with van der Waals surface area (Å²) < 4.78 is 0. The lowest BCUT2D eigenvalue weighted by atomic mass is 9.88. The first kappa shape index (κ1) is 15.0. The van der Waals surface area contributed by atoms with Crippen molar-refractivity contribution in [1.82, 2.24) is 0 Å². The maximum atomic E-state index is 10.3. The minimum atomic E-state index is -0.207. The van der Waals surface area contributed by atoms with Crippen LogP contribution >= 0.6 is 0 Å². The molecule has 0 heterocycles. The van der Waals surface area contributed by atoms with E-state index in [2.05, 4.69) is 37.8 Å². The summed E-state index contributed by atoms with van der Waals surface area (Å²) in [6, 6.07) is 10.4. The number of benzene rings is 1. The van der Waals surface area contributed by atoms with Crippen molar-refractivity contribution < 1.29 is 5.11 Å². The molecule has 2 atom stereocenters. The topological polar surface area (TPSA) is 20.2 Å². The largest absolute Gasteiger partial charge is 0.392 e. The molecule has 1 aromatic rings. The van der Waals surface area contributed by atoms with E-state index in [0.29, 0.717) is 0 Å². The third-order valence-corrected chi connectivity index (χ3v) is 3.54. The molecule has 1 heteroatoms. The van der Waals surface area contributed by atoms with Crippen molar-refractivity contribution in [2.24, 2.45) is 0 Å². The number of aliphatic hydroxyl groups is 1. The van der Waals surface area contributed by atoms with Gasteiger partial charge in [-0.1, -0.05) is 56.2 Å². The van der Waals surface area contributed by atoms with Crippen LogP contribution in [0.2, 0.25) is 0 Å². The van der Waals surface area contributed by atoms with E-state index in [0.717, 1.165) is 25.7 Å². The summed E-state index contributed by atoms with van der Waals surface area (Å²) in [5.41, 5.74) is 1.26. The third kappa shape index (κ3) is 5.05. The summed E-state index contributed by atoms with van der Waals surface area (Å²) in [4.78, 5) is 0.